The highest BCUT2D eigenvalue weighted by molar-refractivity contribution is 5.95. The van der Waals surface area contributed by atoms with Gasteiger partial charge in [0.1, 0.15) is 16.9 Å². The summed E-state index contributed by atoms with van der Waals surface area (Å²) in [4.78, 5) is 11.9. The minimum absolute atomic E-state index is 0.272. The molecular formula is C12H18N2O3. The minimum atomic E-state index is -0.571. The molecule has 0 aromatic heterocycles. The van der Waals surface area contributed by atoms with Crippen molar-refractivity contribution in [1.82, 2.24) is 0 Å². The van der Waals surface area contributed by atoms with Crippen molar-refractivity contribution in [3.63, 3.8) is 0 Å². The molecule has 5 nitrogen and oxygen atoms in total. The lowest BCUT2D eigenvalue weighted by Crippen LogP contribution is -2.24. The van der Waals surface area contributed by atoms with Gasteiger partial charge < -0.3 is 20.9 Å². The van der Waals surface area contributed by atoms with Gasteiger partial charge in [0, 0.05) is 6.07 Å². The number of hydrogen-bond acceptors (Lipinski definition) is 5. The molecule has 0 bridgehead atoms. The van der Waals surface area contributed by atoms with Gasteiger partial charge in [-0.15, -0.1) is 0 Å². The standard InChI is InChI=1S/C12H18N2O3/c1-12(2,3)17-11(15)7-5-8(13)9(14)6-10(7)16-4/h5-6H,13-14H2,1-4H3. The van der Waals surface area contributed by atoms with Gasteiger partial charge in [0.05, 0.1) is 18.5 Å². The van der Waals surface area contributed by atoms with Gasteiger partial charge in [-0.2, -0.15) is 0 Å². The minimum Gasteiger partial charge on any atom is -0.496 e. The predicted molar refractivity (Wildman–Crippen MR) is 67.0 cm³/mol. The van der Waals surface area contributed by atoms with Crippen LogP contribution in [-0.4, -0.2) is 18.7 Å². The summed E-state index contributed by atoms with van der Waals surface area (Å²) < 4.78 is 10.3. The van der Waals surface area contributed by atoms with Crippen LogP contribution < -0.4 is 16.2 Å². The Kier molecular flexibility index (Phi) is 3.50. The predicted octanol–water partition coefficient (Wildman–Crippen LogP) is 1.81. The molecule has 0 saturated carbocycles. The molecule has 0 atom stereocenters. The van der Waals surface area contributed by atoms with Crippen LogP contribution in [0.25, 0.3) is 0 Å². The fraction of sp³-hybridized carbons (Fsp3) is 0.417. The van der Waals surface area contributed by atoms with Gasteiger partial charge >= 0.3 is 5.97 Å². The molecule has 0 amide bonds. The number of nitrogen functional groups attached to an aromatic ring is 2. The molecule has 17 heavy (non-hydrogen) atoms. The summed E-state index contributed by atoms with van der Waals surface area (Å²) in [6, 6.07) is 2.97. The highest BCUT2D eigenvalue weighted by Gasteiger charge is 2.21. The first-order valence-electron chi connectivity index (χ1n) is 5.21. The van der Waals surface area contributed by atoms with E-state index in [1.807, 2.05) is 0 Å². The second-order valence-electron chi connectivity index (χ2n) is 4.68. The number of hydrogen-bond donors (Lipinski definition) is 2. The van der Waals surface area contributed by atoms with E-state index in [0.717, 1.165) is 0 Å². The van der Waals surface area contributed by atoms with E-state index in [1.165, 1.54) is 19.2 Å². The van der Waals surface area contributed by atoms with Crippen LogP contribution >= 0.6 is 0 Å². The van der Waals surface area contributed by atoms with Gasteiger partial charge in [-0.25, -0.2) is 4.79 Å². The second-order valence-corrected chi connectivity index (χ2v) is 4.68. The summed E-state index contributed by atoms with van der Waals surface area (Å²) in [7, 11) is 1.46. The van der Waals surface area contributed by atoms with Gasteiger partial charge in [-0.1, -0.05) is 0 Å². The van der Waals surface area contributed by atoms with Crippen LogP contribution in [0, 0.1) is 0 Å². The van der Waals surface area contributed by atoms with Crippen LogP contribution in [0.4, 0.5) is 11.4 Å². The van der Waals surface area contributed by atoms with Gasteiger partial charge in [-0.05, 0) is 26.8 Å². The highest BCUT2D eigenvalue weighted by atomic mass is 16.6. The molecule has 0 radical (unpaired) electrons. The lowest BCUT2D eigenvalue weighted by molar-refractivity contribution is 0.00666. The molecule has 0 fully saturated rings. The van der Waals surface area contributed by atoms with Crippen molar-refractivity contribution in [2.75, 3.05) is 18.6 Å². The van der Waals surface area contributed by atoms with Crippen molar-refractivity contribution in [3.05, 3.63) is 17.7 Å². The van der Waals surface area contributed by atoms with E-state index >= 15 is 0 Å². The number of benzene rings is 1. The molecule has 0 aliphatic rings. The van der Waals surface area contributed by atoms with E-state index in [1.54, 1.807) is 20.8 Å². The maximum absolute atomic E-state index is 11.9. The number of anilines is 2. The summed E-state index contributed by atoms with van der Waals surface area (Å²) in [6.07, 6.45) is 0. The molecule has 0 saturated heterocycles. The van der Waals surface area contributed by atoms with Gasteiger partial charge in [0.25, 0.3) is 0 Å². The Balaban J connectivity index is 3.12. The summed E-state index contributed by atoms with van der Waals surface area (Å²) in [5, 5.41) is 0. The van der Waals surface area contributed by atoms with Crippen molar-refractivity contribution in [2.45, 2.75) is 26.4 Å². The van der Waals surface area contributed by atoms with Gasteiger partial charge in [0.2, 0.25) is 0 Å². The van der Waals surface area contributed by atoms with Crippen molar-refractivity contribution in [3.8, 4) is 5.75 Å². The van der Waals surface area contributed by atoms with E-state index in [-0.39, 0.29) is 5.56 Å². The maximum Gasteiger partial charge on any atom is 0.342 e. The first kappa shape index (κ1) is 13.2. The average Bonchev–Trinajstić information content (AvgIpc) is 2.18. The number of esters is 1. The summed E-state index contributed by atoms with van der Waals surface area (Å²) in [6.45, 7) is 5.37. The van der Waals surface area contributed by atoms with Gasteiger partial charge in [-0.3, -0.25) is 0 Å². The van der Waals surface area contributed by atoms with E-state index in [2.05, 4.69) is 0 Å². The van der Waals surface area contributed by atoms with Crippen molar-refractivity contribution < 1.29 is 14.3 Å². The summed E-state index contributed by atoms with van der Waals surface area (Å²) in [5.41, 5.74) is 11.7. The largest absolute Gasteiger partial charge is 0.496 e. The summed E-state index contributed by atoms with van der Waals surface area (Å²) in [5.74, 6) is -0.132. The smallest absolute Gasteiger partial charge is 0.342 e. The third-order valence-corrected chi connectivity index (χ3v) is 2.02. The van der Waals surface area contributed by atoms with E-state index in [0.29, 0.717) is 17.1 Å². The van der Waals surface area contributed by atoms with Crippen LogP contribution in [0.5, 0.6) is 5.75 Å². The van der Waals surface area contributed by atoms with E-state index in [9.17, 15) is 4.79 Å². The Bertz CT molecular complexity index is 436. The molecule has 0 heterocycles. The third kappa shape index (κ3) is 3.27. The molecule has 0 aliphatic carbocycles. The SMILES string of the molecule is COc1cc(N)c(N)cc1C(=O)OC(C)(C)C. The first-order valence-corrected chi connectivity index (χ1v) is 5.21. The van der Waals surface area contributed by atoms with Crippen LogP contribution in [0.3, 0.4) is 0 Å². The molecule has 0 aliphatic heterocycles. The molecule has 94 valence electrons. The fourth-order valence-corrected chi connectivity index (χ4v) is 1.27. The molecule has 1 rings (SSSR count). The van der Waals surface area contributed by atoms with Crippen LogP contribution in [-0.2, 0) is 4.74 Å². The van der Waals surface area contributed by atoms with Crippen molar-refractivity contribution in [2.24, 2.45) is 0 Å². The zero-order valence-corrected chi connectivity index (χ0v) is 10.5. The van der Waals surface area contributed by atoms with Gasteiger partial charge in [0.15, 0.2) is 0 Å². The number of ether oxygens (including phenoxy) is 2. The lowest BCUT2D eigenvalue weighted by atomic mass is 10.1. The van der Waals surface area contributed by atoms with E-state index in [4.69, 9.17) is 20.9 Å². The number of carbonyl (C=O) groups is 1. The number of methoxy groups -OCH3 is 1. The van der Waals surface area contributed by atoms with Crippen molar-refractivity contribution >= 4 is 17.3 Å². The second kappa shape index (κ2) is 4.53. The maximum atomic E-state index is 11.9. The zero-order chi connectivity index (χ0) is 13.2. The molecule has 0 unspecified atom stereocenters. The van der Waals surface area contributed by atoms with Crippen LogP contribution in [0.15, 0.2) is 12.1 Å². The third-order valence-electron chi connectivity index (χ3n) is 2.02. The Hall–Kier alpha value is -1.91. The molecule has 1 aromatic carbocycles. The normalized spacial score (nSPS) is 11.1. The number of carbonyl (C=O) groups excluding carboxylic acids is 1. The van der Waals surface area contributed by atoms with Crippen LogP contribution in [0.2, 0.25) is 0 Å². The monoisotopic (exact) mass is 238 g/mol. The fourth-order valence-electron chi connectivity index (χ4n) is 1.27. The first-order chi connectivity index (χ1) is 7.74. The lowest BCUT2D eigenvalue weighted by Gasteiger charge is -2.20. The molecular weight excluding hydrogens is 220 g/mol. The Morgan fingerprint density at radius 3 is 2.18 bits per heavy atom. The number of nitrogens with two attached hydrogens (primary N) is 2. The molecule has 4 N–H and O–H groups in total. The van der Waals surface area contributed by atoms with Crippen LogP contribution in [0.1, 0.15) is 31.1 Å². The zero-order valence-electron chi connectivity index (χ0n) is 10.5. The summed E-state index contributed by atoms with van der Waals surface area (Å²) >= 11 is 0. The molecule has 0 spiro atoms. The highest BCUT2D eigenvalue weighted by Crippen LogP contribution is 2.28. The quantitative estimate of drug-likeness (QED) is 0.606. The Morgan fingerprint density at radius 2 is 1.71 bits per heavy atom. The molecule has 5 heteroatoms. The topological polar surface area (TPSA) is 87.6 Å². The molecule has 1 aromatic rings. The van der Waals surface area contributed by atoms with Crippen molar-refractivity contribution in [1.29, 1.82) is 0 Å². The van der Waals surface area contributed by atoms with E-state index < -0.39 is 11.6 Å². The Morgan fingerprint density at radius 1 is 1.18 bits per heavy atom. The average molecular weight is 238 g/mol. The Labute approximate surface area is 101 Å². The number of rotatable bonds is 2.